The van der Waals surface area contributed by atoms with E-state index in [-0.39, 0.29) is 11.9 Å². The Morgan fingerprint density at radius 3 is 3.07 bits per heavy atom. The molecule has 84 valence electrons. The number of carbonyl (C=O) groups is 1. The molecule has 0 saturated carbocycles. The molecule has 1 unspecified atom stereocenters. The highest BCUT2D eigenvalue weighted by Gasteiger charge is 2.09. The Labute approximate surface area is 88.9 Å². The van der Waals surface area contributed by atoms with Crippen LogP contribution in [0.25, 0.3) is 0 Å². The molecule has 0 aromatic carbocycles. The van der Waals surface area contributed by atoms with Crippen LogP contribution in [-0.2, 0) is 17.9 Å². The predicted octanol–water partition coefficient (Wildman–Crippen LogP) is -0.348. The Morgan fingerprint density at radius 2 is 2.47 bits per heavy atom. The molecule has 0 saturated heterocycles. The molecule has 1 aromatic rings. The van der Waals surface area contributed by atoms with Crippen molar-refractivity contribution < 1.29 is 4.79 Å². The molecule has 3 N–H and O–H groups in total. The lowest BCUT2D eigenvalue weighted by atomic mass is 10.3. The number of rotatable bonds is 6. The first-order valence-electron chi connectivity index (χ1n) is 5.04. The van der Waals surface area contributed by atoms with Crippen LogP contribution in [-0.4, -0.2) is 26.7 Å². The predicted molar refractivity (Wildman–Crippen MR) is 55.8 cm³/mol. The Bertz CT molecular complexity index is 322. The van der Waals surface area contributed by atoms with E-state index in [1.54, 1.807) is 6.92 Å². The summed E-state index contributed by atoms with van der Waals surface area (Å²) in [6, 6.07) is -0.350. The standard InChI is InChI=1S/C9H17N5O/c1-3-4-14-8(12-6-13-14)5-11-7(2)9(10)15/h6-7,11H,3-5H2,1-2H3,(H2,10,15). The Balaban J connectivity index is 2.49. The van der Waals surface area contributed by atoms with Gasteiger partial charge in [0, 0.05) is 6.54 Å². The molecular weight excluding hydrogens is 194 g/mol. The largest absolute Gasteiger partial charge is 0.368 e. The highest BCUT2D eigenvalue weighted by atomic mass is 16.1. The molecule has 0 aliphatic carbocycles. The summed E-state index contributed by atoms with van der Waals surface area (Å²) >= 11 is 0. The second-order valence-corrected chi connectivity index (χ2v) is 3.40. The highest BCUT2D eigenvalue weighted by Crippen LogP contribution is 1.96. The minimum Gasteiger partial charge on any atom is -0.368 e. The lowest BCUT2D eigenvalue weighted by Gasteiger charge is -2.09. The van der Waals surface area contributed by atoms with Gasteiger partial charge in [-0.3, -0.25) is 10.1 Å². The van der Waals surface area contributed by atoms with Gasteiger partial charge in [0.1, 0.15) is 12.2 Å². The van der Waals surface area contributed by atoms with Crippen molar-refractivity contribution in [1.29, 1.82) is 0 Å². The zero-order valence-corrected chi connectivity index (χ0v) is 9.10. The number of nitrogens with one attached hydrogen (secondary N) is 1. The summed E-state index contributed by atoms with van der Waals surface area (Å²) in [5.41, 5.74) is 5.13. The molecule has 0 bridgehead atoms. The first-order chi connectivity index (χ1) is 7.15. The fraction of sp³-hybridized carbons (Fsp3) is 0.667. The quantitative estimate of drug-likeness (QED) is 0.673. The van der Waals surface area contributed by atoms with Gasteiger partial charge in [0.05, 0.1) is 12.6 Å². The molecule has 0 radical (unpaired) electrons. The molecule has 1 rings (SSSR count). The van der Waals surface area contributed by atoms with Crippen molar-refractivity contribution in [3.63, 3.8) is 0 Å². The van der Waals surface area contributed by atoms with E-state index >= 15 is 0 Å². The maximum absolute atomic E-state index is 10.8. The Morgan fingerprint density at radius 1 is 1.73 bits per heavy atom. The third-order valence-corrected chi connectivity index (χ3v) is 2.12. The van der Waals surface area contributed by atoms with Crippen molar-refractivity contribution in [1.82, 2.24) is 20.1 Å². The summed E-state index contributed by atoms with van der Waals surface area (Å²) in [5.74, 6) is 0.460. The van der Waals surface area contributed by atoms with Crippen molar-refractivity contribution >= 4 is 5.91 Å². The number of carbonyl (C=O) groups excluding carboxylic acids is 1. The number of aryl methyl sites for hydroxylation is 1. The van der Waals surface area contributed by atoms with Crippen LogP contribution >= 0.6 is 0 Å². The minimum absolute atomic E-state index is 0.350. The summed E-state index contributed by atoms with van der Waals surface area (Å²) in [4.78, 5) is 14.9. The second kappa shape index (κ2) is 5.45. The van der Waals surface area contributed by atoms with Crippen LogP contribution in [0.15, 0.2) is 6.33 Å². The SMILES string of the molecule is CCCn1ncnc1CNC(C)C(N)=O. The van der Waals surface area contributed by atoms with E-state index < -0.39 is 0 Å². The first-order valence-corrected chi connectivity index (χ1v) is 5.04. The van der Waals surface area contributed by atoms with Crippen LogP contribution < -0.4 is 11.1 Å². The van der Waals surface area contributed by atoms with Crippen molar-refractivity contribution in [2.24, 2.45) is 5.73 Å². The second-order valence-electron chi connectivity index (χ2n) is 3.40. The monoisotopic (exact) mass is 211 g/mol. The number of primary amides is 1. The summed E-state index contributed by atoms with van der Waals surface area (Å²) in [6.07, 6.45) is 2.52. The number of aromatic nitrogens is 3. The number of hydrogen-bond acceptors (Lipinski definition) is 4. The third-order valence-electron chi connectivity index (χ3n) is 2.12. The molecule has 0 aliphatic heterocycles. The van der Waals surface area contributed by atoms with Crippen LogP contribution in [0.4, 0.5) is 0 Å². The van der Waals surface area contributed by atoms with Crippen LogP contribution in [0, 0.1) is 0 Å². The molecule has 6 heteroatoms. The molecule has 15 heavy (non-hydrogen) atoms. The van der Waals surface area contributed by atoms with E-state index in [0.717, 1.165) is 18.8 Å². The summed E-state index contributed by atoms with van der Waals surface area (Å²) < 4.78 is 1.82. The van der Waals surface area contributed by atoms with E-state index in [1.165, 1.54) is 6.33 Å². The summed E-state index contributed by atoms with van der Waals surface area (Å²) in [7, 11) is 0. The van der Waals surface area contributed by atoms with E-state index in [9.17, 15) is 4.79 Å². The van der Waals surface area contributed by atoms with Crippen LogP contribution in [0.2, 0.25) is 0 Å². The van der Waals surface area contributed by atoms with Gasteiger partial charge in [-0.2, -0.15) is 5.10 Å². The van der Waals surface area contributed by atoms with E-state index in [2.05, 4.69) is 22.3 Å². The topological polar surface area (TPSA) is 85.8 Å². The van der Waals surface area contributed by atoms with Crippen molar-refractivity contribution in [3.05, 3.63) is 12.2 Å². The molecular formula is C9H17N5O. The van der Waals surface area contributed by atoms with Crippen LogP contribution in [0.3, 0.4) is 0 Å². The Kier molecular flexibility index (Phi) is 4.23. The number of nitrogens with zero attached hydrogens (tertiary/aromatic N) is 3. The maximum atomic E-state index is 10.8. The lowest BCUT2D eigenvalue weighted by molar-refractivity contribution is -0.119. The fourth-order valence-electron chi connectivity index (χ4n) is 1.17. The number of nitrogens with two attached hydrogens (primary N) is 1. The van der Waals surface area contributed by atoms with Gasteiger partial charge in [-0.05, 0) is 13.3 Å². The molecule has 1 atom stereocenters. The van der Waals surface area contributed by atoms with Crippen LogP contribution in [0.5, 0.6) is 0 Å². The average molecular weight is 211 g/mol. The summed E-state index contributed by atoms with van der Waals surface area (Å²) in [5, 5.41) is 7.06. The zero-order valence-electron chi connectivity index (χ0n) is 9.10. The summed E-state index contributed by atoms with van der Waals surface area (Å²) in [6.45, 7) is 5.14. The number of hydrogen-bond donors (Lipinski definition) is 2. The normalized spacial score (nSPS) is 12.7. The fourth-order valence-corrected chi connectivity index (χ4v) is 1.17. The average Bonchev–Trinajstić information content (AvgIpc) is 2.62. The van der Waals surface area contributed by atoms with Gasteiger partial charge in [0.2, 0.25) is 5.91 Å². The van der Waals surface area contributed by atoms with E-state index in [0.29, 0.717) is 6.54 Å². The van der Waals surface area contributed by atoms with Gasteiger partial charge in [0.25, 0.3) is 0 Å². The minimum atomic E-state index is -0.364. The van der Waals surface area contributed by atoms with Gasteiger partial charge in [0.15, 0.2) is 0 Å². The van der Waals surface area contributed by atoms with Crippen molar-refractivity contribution in [3.8, 4) is 0 Å². The van der Waals surface area contributed by atoms with Crippen LogP contribution in [0.1, 0.15) is 26.1 Å². The first kappa shape index (κ1) is 11.6. The lowest BCUT2D eigenvalue weighted by Crippen LogP contribution is -2.38. The highest BCUT2D eigenvalue weighted by molar-refractivity contribution is 5.79. The molecule has 1 aromatic heterocycles. The van der Waals surface area contributed by atoms with Gasteiger partial charge in [-0.25, -0.2) is 9.67 Å². The zero-order chi connectivity index (χ0) is 11.3. The van der Waals surface area contributed by atoms with Gasteiger partial charge >= 0.3 is 0 Å². The molecule has 0 spiro atoms. The van der Waals surface area contributed by atoms with E-state index in [1.807, 2.05) is 4.68 Å². The molecule has 0 fully saturated rings. The smallest absolute Gasteiger partial charge is 0.234 e. The van der Waals surface area contributed by atoms with E-state index in [4.69, 9.17) is 5.73 Å². The van der Waals surface area contributed by atoms with Crippen molar-refractivity contribution in [2.75, 3.05) is 0 Å². The molecule has 6 nitrogen and oxygen atoms in total. The number of amides is 1. The van der Waals surface area contributed by atoms with Gasteiger partial charge < -0.3 is 5.73 Å². The molecule has 1 heterocycles. The molecule has 0 aliphatic rings. The van der Waals surface area contributed by atoms with Gasteiger partial charge in [-0.1, -0.05) is 6.92 Å². The molecule has 1 amide bonds. The maximum Gasteiger partial charge on any atom is 0.234 e. The third kappa shape index (κ3) is 3.32. The van der Waals surface area contributed by atoms with Gasteiger partial charge in [-0.15, -0.1) is 0 Å². The Hall–Kier alpha value is -1.43. The van der Waals surface area contributed by atoms with Crippen molar-refractivity contribution in [2.45, 2.75) is 39.4 Å².